The molecule has 0 saturated heterocycles. The number of halogens is 1. The molecule has 0 aliphatic rings. The highest BCUT2D eigenvalue weighted by atomic mass is 32.1. The summed E-state index contributed by atoms with van der Waals surface area (Å²) in [4.78, 5) is 5.88. The van der Waals surface area contributed by atoms with Crippen molar-refractivity contribution in [2.24, 2.45) is 0 Å². The van der Waals surface area contributed by atoms with Gasteiger partial charge >= 0.3 is 0 Å². The number of aromatic nitrogens is 1. The van der Waals surface area contributed by atoms with Gasteiger partial charge in [-0.25, -0.2) is 9.37 Å². The molecule has 2 nitrogen and oxygen atoms in total. The van der Waals surface area contributed by atoms with Crippen LogP contribution in [0, 0.1) is 5.82 Å². The molecule has 108 valence electrons. The number of rotatable bonds is 7. The molecule has 0 saturated carbocycles. The van der Waals surface area contributed by atoms with Gasteiger partial charge in [0.2, 0.25) is 0 Å². The van der Waals surface area contributed by atoms with E-state index < -0.39 is 0 Å². The zero-order valence-electron chi connectivity index (χ0n) is 12.1. The number of hydrogen-bond acceptors (Lipinski definition) is 3. The summed E-state index contributed by atoms with van der Waals surface area (Å²) in [6.45, 7) is 6.12. The number of thiazole rings is 1. The summed E-state index contributed by atoms with van der Waals surface area (Å²) in [6.07, 6.45) is 3.12. The highest BCUT2D eigenvalue weighted by Gasteiger charge is 2.14. The second kappa shape index (κ2) is 7.50. The first kappa shape index (κ1) is 15.1. The Balaban J connectivity index is 2.26. The van der Waals surface area contributed by atoms with Gasteiger partial charge in [0.1, 0.15) is 10.8 Å². The minimum absolute atomic E-state index is 0.197. The van der Waals surface area contributed by atoms with Crippen molar-refractivity contribution in [3.05, 3.63) is 40.7 Å². The van der Waals surface area contributed by atoms with Crippen LogP contribution in [0.15, 0.2) is 24.3 Å². The molecule has 0 aliphatic carbocycles. The third kappa shape index (κ3) is 3.64. The van der Waals surface area contributed by atoms with Crippen molar-refractivity contribution in [2.75, 3.05) is 6.54 Å². The average Bonchev–Trinajstić information content (AvgIpc) is 2.83. The summed E-state index contributed by atoms with van der Waals surface area (Å²) >= 11 is 1.60. The monoisotopic (exact) mass is 292 g/mol. The molecule has 1 aromatic carbocycles. The van der Waals surface area contributed by atoms with E-state index in [2.05, 4.69) is 24.1 Å². The van der Waals surface area contributed by atoms with Crippen molar-refractivity contribution in [3.8, 4) is 10.6 Å². The van der Waals surface area contributed by atoms with E-state index >= 15 is 0 Å². The van der Waals surface area contributed by atoms with Gasteiger partial charge in [0.05, 0.1) is 5.69 Å². The highest BCUT2D eigenvalue weighted by Crippen LogP contribution is 2.30. The lowest BCUT2D eigenvalue weighted by molar-refractivity contribution is 0.631. The second-order valence-corrected chi connectivity index (χ2v) is 5.88. The molecule has 1 heterocycles. The molecule has 0 amide bonds. The number of nitrogens with one attached hydrogen (secondary N) is 1. The van der Waals surface area contributed by atoms with Crippen LogP contribution in [0.3, 0.4) is 0 Å². The fourth-order valence-electron chi connectivity index (χ4n) is 2.08. The molecule has 1 aromatic heterocycles. The standard InChI is InChI=1S/C16H21FN2S/c1-3-7-14-15(11-18-10-4-2)20-16(19-14)12-8-5-6-9-13(12)17/h5-6,8-9,18H,3-4,7,10-11H2,1-2H3. The normalized spacial score (nSPS) is 10.9. The van der Waals surface area contributed by atoms with Gasteiger partial charge in [-0.15, -0.1) is 11.3 Å². The lowest BCUT2D eigenvalue weighted by atomic mass is 10.2. The second-order valence-electron chi connectivity index (χ2n) is 4.80. The molecule has 2 rings (SSSR count). The molecule has 0 atom stereocenters. The van der Waals surface area contributed by atoms with E-state index in [-0.39, 0.29) is 5.82 Å². The van der Waals surface area contributed by atoms with Gasteiger partial charge in [-0.05, 0) is 31.5 Å². The first-order valence-corrected chi connectivity index (χ1v) is 8.02. The Hall–Kier alpha value is -1.26. The first-order valence-electron chi connectivity index (χ1n) is 7.20. The van der Waals surface area contributed by atoms with Crippen molar-refractivity contribution in [3.63, 3.8) is 0 Å². The highest BCUT2D eigenvalue weighted by molar-refractivity contribution is 7.15. The van der Waals surface area contributed by atoms with E-state index in [1.54, 1.807) is 23.5 Å². The minimum atomic E-state index is -0.197. The van der Waals surface area contributed by atoms with E-state index in [9.17, 15) is 4.39 Å². The molecule has 0 radical (unpaired) electrons. The van der Waals surface area contributed by atoms with Gasteiger partial charge in [0.25, 0.3) is 0 Å². The topological polar surface area (TPSA) is 24.9 Å². The zero-order chi connectivity index (χ0) is 14.4. The van der Waals surface area contributed by atoms with Gasteiger partial charge in [0.15, 0.2) is 0 Å². The van der Waals surface area contributed by atoms with Crippen molar-refractivity contribution in [1.82, 2.24) is 10.3 Å². The molecule has 0 fully saturated rings. The maximum Gasteiger partial charge on any atom is 0.133 e. The Labute approximate surface area is 124 Å². The number of benzene rings is 1. The minimum Gasteiger partial charge on any atom is -0.312 e. The Morgan fingerprint density at radius 1 is 1.20 bits per heavy atom. The third-order valence-electron chi connectivity index (χ3n) is 3.08. The first-order chi connectivity index (χ1) is 9.76. The Morgan fingerprint density at radius 3 is 2.70 bits per heavy atom. The predicted molar refractivity (Wildman–Crippen MR) is 83.5 cm³/mol. The third-order valence-corrected chi connectivity index (χ3v) is 4.21. The summed E-state index contributed by atoms with van der Waals surface area (Å²) in [5.74, 6) is -0.197. The predicted octanol–water partition coefficient (Wildman–Crippen LogP) is 4.40. The summed E-state index contributed by atoms with van der Waals surface area (Å²) in [5.41, 5.74) is 1.72. The fraction of sp³-hybridized carbons (Fsp3) is 0.438. The van der Waals surface area contributed by atoms with Crippen LogP contribution in [-0.2, 0) is 13.0 Å². The summed E-state index contributed by atoms with van der Waals surface area (Å²) in [6, 6.07) is 6.86. The van der Waals surface area contributed by atoms with Crippen molar-refractivity contribution < 1.29 is 4.39 Å². The van der Waals surface area contributed by atoms with Gasteiger partial charge in [-0.1, -0.05) is 32.4 Å². The largest absolute Gasteiger partial charge is 0.312 e. The Bertz CT molecular complexity index is 551. The fourth-order valence-corrected chi connectivity index (χ4v) is 3.19. The van der Waals surface area contributed by atoms with Crippen LogP contribution < -0.4 is 5.32 Å². The Morgan fingerprint density at radius 2 is 2.00 bits per heavy atom. The van der Waals surface area contributed by atoms with Gasteiger partial charge in [-0.2, -0.15) is 0 Å². The molecule has 0 spiro atoms. The molecule has 1 N–H and O–H groups in total. The van der Waals surface area contributed by atoms with Crippen LogP contribution in [0.1, 0.15) is 37.3 Å². The van der Waals surface area contributed by atoms with E-state index in [0.717, 1.165) is 43.1 Å². The Kier molecular flexibility index (Phi) is 5.68. The molecule has 0 aliphatic heterocycles. The van der Waals surface area contributed by atoms with Crippen LogP contribution in [0.2, 0.25) is 0 Å². The van der Waals surface area contributed by atoms with Gasteiger partial charge < -0.3 is 5.32 Å². The molecular weight excluding hydrogens is 271 g/mol. The molecule has 0 bridgehead atoms. The van der Waals surface area contributed by atoms with Crippen LogP contribution >= 0.6 is 11.3 Å². The van der Waals surface area contributed by atoms with Crippen molar-refractivity contribution in [2.45, 2.75) is 39.7 Å². The molecule has 4 heteroatoms. The van der Waals surface area contributed by atoms with E-state index in [1.165, 1.54) is 10.9 Å². The van der Waals surface area contributed by atoms with Crippen LogP contribution in [-0.4, -0.2) is 11.5 Å². The summed E-state index contributed by atoms with van der Waals surface area (Å²) in [5, 5.41) is 4.20. The molecule has 0 unspecified atom stereocenters. The SMILES string of the molecule is CCCNCc1sc(-c2ccccc2F)nc1CCC. The number of nitrogens with zero attached hydrogens (tertiary/aromatic N) is 1. The quantitative estimate of drug-likeness (QED) is 0.765. The van der Waals surface area contributed by atoms with Crippen molar-refractivity contribution >= 4 is 11.3 Å². The van der Waals surface area contributed by atoms with Crippen LogP contribution in [0.4, 0.5) is 4.39 Å². The number of hydrogen-bond donors (Lipinski definition) is 1. The van der Waals surface area contributed by atoms with Gasteiger partial charge in [0, 0.05) is 17.0 Å². The van der Waals surface area contributed by atoms with E-state index in [4.69, 9.17) is 0 Å². The van der Waals surface area contributed by atoms with Gasteiger partial charge in [-0.3, -0.25) is 0 Å². The van der Waals surface area contributed by atoms with Crippen LogP contribution in [0.25, 0.3) is 10.6 Å². The van der Waals surface area contributed by atoms with Crippen LogP contribution in [0.5, 0.6) is 0 Å². The maximum absolute atomic E-state index is 13.9. The molecule has 2 aromatic rings. The molecular formula is C16H21FN2S. The zero-order valence-corrected chi connectivity index (χ0v) is 12.9. The average molecular weight is 292 g/mol. The van der Waals surface area contributed by atoms with E-state index in [0.29, 0.717) is 5.56 Å². The summed E-state index contributed by atoms with van der Waals surface area (Å²) < 4.78 is 13.9. The van der Waals surface area contributed by atoms with E-state index in [1.807, 2.05) is 6.07 Å². The smallest absolute Gasteiger partial charge is 0.133 e. The molecule has 20 heavy (non-hydrogen) atoms. The maximum atomic E-state index is 13.9. The van der Waals surface area contributed by atoms with Crippen molar-refractivity contribution in [1.29, 1.82) is 0 Å². The summed E-state index contributed by atoms with van der Waals surface area (Å²) in [7, 11) is 0. The lowest BCUT2D eigenvalue weighted by Gasteiger charge is -2.02. The number of aryl methyl sites for hydroxylation is 1. The lowest BCUT2D eigenvalue weighted by Crippen LogP contribution is -2.13.